The number of nitrogens with zero attached hydrogens (tertiary/aromatic N) is 1. The molecule has 0 unspecified atom stereocenters. The molecule has 15 heavy (non-hydrogen) atoms. The molecule has 86 valence electrons. The van der Waals surface area contributed by atoms with Crippen molar-refractivity contribution < 1.29 is 5.11 Å². The smallest absolute Gasteiger partial charge is 0.0681 e. The Kier molecular flexibility index (Phi) is 4.63. The SMILES string of the molecule is C#CCCC1(O)CCN(CC(C)C)CC1. The van der Waals surface area contributed by atoms with Gasteiger partial charge in [-0.3, -0.25) is 0 Å². The van der Waals surface area contributed by atoms with Gasteiger partial charge in [-0.25, -0.2) is 0 Å². The first-order valence-corrected chi connectivity index (χ1v) is 5.94. The van der Waals surface area contributed by atoms with Crippen molar-refractivity contribution in [3.63, 3.8) is 0 Å². The minimum atomic E-state index is -0.486. The van der Waals surface area contributed by atoms with Crippen LogP contribution in [-0.4, -0.2) is 35.2 Å². The van der Waals surface area contributed by atoms with E-state index in [-0.39, 0.29) is 0 Å². The topological polar surface area (TPSA) is 23.5 Å². The van der Waals surface area contributed by atoms with Crippen molar-refractivity contribution in [1.29, 1.82) is 0 Å². The van der Waals surface area contributed by atoms with Gasteiger partial charge < -0.3 is 10.0 Å². The average molecular weight is 209 g/mol. The summed E-state index contributed by atoms with van der Waals surface area (Å²) >= 11 is 0. The molecular weight excluding hydrogens is 186 g/mol. The van der Waals surface area contributed by atoms with E-state index in [1.807, 2.05) is 0 Å². The molecule has 2 heteroatoms. The molecule has 0 bridgehead atoms. The lowest BCUT2D eigenvalue weighted by Crippen LogP contribution is -2.45. The number of aliphatic hydroxyl groups is 1. The van der Waals surface area contributed by atoms with Crippen LogP contribution >= 0.6 is 0 Å². The molecule has 0 atom stereocenters. The highest BCUT2D eigenvalue weighted by Gasteiger charge is 2.31. The predicted molar refractivity (Wildman–Crippen MR) is 63.5 cm³/mol. The van der Waals surface area contributed by atoms with E-state index in [1.54, 1.807) is 0 Å². The molecule has 2 nitrogen and oxygen atoms in total. The Morgan fingerprint density at radius 2 is 2.00 bits per heavy atom. The van der Waals surface area contributed by atoms with Crippen LogP contribution in [0.5, 0.6) is 0 Å². The molecule has 1 heterocycles. The van der Waals surface area contributed by atoms with Crippen LogP contribution in [0.25, 0.3) is 0 Å². The van der Waals surface area contributed by atoms with Crippen LogP contribution in [0, 0.1) is 18.3 Å². The Morgan fingerprint density at radius 1 is 1.40 bits per heavy atom. The third kappa shape index (κ3) is 4.24. The van der Waals surface area contributed by atoms with E-state index in [0.717, 1.165) is 38.9 Å². The number of likely N-dealkylation sites (tertiary alicyclic amines) is 1. The predicted octanol–water partition coefficient (Wildman–Crippen LogP) is 1.88. The molecule has 0 aromatic heterocycles. The first-order valence-electron chi connectivity index (χ1n) is 5.94. The molecular formula is C13H23NO. The maximum atomic E-state index is 10.2. The summed E-state index contributed by atoms with van der Waals surface area (Å²) in [4.78, 5) is 2.44. The van der Waals surface area contributed by atoms with Crippen molar-refractivity contribution in [2.24, 2.45) is 5.92 Å². The van der Waals surface area contributed by atoms with Gasteiger partial charge in [0.15, 0.2) is 0 Å². The van der Waals surface area contributed by atoms with Gasteiger partial charge in [-0.1, -0.05) is 13.8 Å². The fourth-order valence-electron chi connectivity index (χ4n) is 2.22. The highest BCUT2D eigenvalue weighted by molar-refractivity contribution is 4.92. The van der Waals surface area contributed by atoms with Gasteiger partial charge in [0.05, 0.1) is 5.60 Å². The van der Waals surface area contributed by atoms with Crippen molar-refractivity contribution >= 4 is 0 Å². The standard InChI is InChI=1S/C13H23NO/c1-4-5-6-13(15)7-9-14(10-8-13)11-12(2)3/h1,12,15H,5-11H2,2-3H3. The quantitative estimate of drug-likeness (QED) is 0.715. The number of terminal acetylenes is 1. The second-order valence-electron chi connectivity index (χ2n) is 5.12. The zero-order chi connectivity index (χ0) is 11.3. The Bertz CT molecular complexity index is 221. The van der Waals surface area contributed by atoms with E-state index in [2.05, 4.69) is 24.7 Å². The van der Waals surface area contributed by atoms with Gasteiger partial charge in [0, 0.05) is 26.1 Å². The van der Waals surface area contributed by atoms with Crippen LogP contribution in [-0.2, 0) is 0 Å². The van der Waals surface area contributed by atoms with Gasteiger partial charge in [0.25, 0.3) is 0 Å². The lowest BCUT2D eigenvalue weighted by Gasteiger charge is -2.38. The van der Waals surface area contributed by atoms with Gasteiger partial charge in [0.1, 0.15) is 0 Å². The lowest BCUT2D eigenvalue weighted by molar-refractivity contribution is -0.0283. The summed E-state index contributed by atoms with van der Waals surface area (Å²) in [5.74, 6) is 3.32. The third-order valence-corrected chi connectivity index (χ3v) is 3.14. The fourth-order valence-corrected chi connectivity index (χ4v) is 2.22. The normalized spacial score (nSPS) is 21.5. The second-order valence-corrected chi connectivity index (χ2v) is 5.12. The second kappa shape index (κ2) is 5.53. The average Bonchev–Trinajstić information content (AvgIpc) is 2.19. The molecule has 0 aromatic carbocycles. The van der Waals surface area contributed by atoms with Gasteiger partial charge in [-0.15, -0.1) is 12.3 Å². The summed E-state index contributed by atoms with van der Waals surface area (Å²) < 4.78 is 0. The first-order chi connectivity index (χ1) is 7.06. The molecule has 0 amide bonds. The highest BCUT2D eigenvalue weighted by atomic mass is 16.3. The molecule has 0 radical (unpaired) electrons. The molecule has 0 spiro atoms. The number of hydrogen-bond acceptors (Lipinski definition) is 2. The van der Waals surface area contributed by atoms with E-state index in [1.165, 1.54) is 0 Å². The Balaban J connectivity index is 2.31. The Hall–Kier alpha value is -0.520. The van der Waals surface area contributed by atoms with E-state index in [9.17, 15) is 5.11 Å². The van der Waals surface area contributed by atoms with Crippen LogP contribution in [0.15, 0.2) is 0 Å². The van der Waals surface area contributed by atoms with Crippen molar-refractivity contribution in [1.82, 2.24) is 4.90 Å². The van der Waals surface area contributed by atoms with E-state index >= 15 is 0 Å². The molecule has 0 aromatic rings. The summed E-state index contributed by atoms with van der Waals surface area (Å²) in [5.41, 5.74) is -0.486. The highest BCUT2D eigenvalue weighted by Crippen LogP contribution is 2.26. The summed E-state index contributed by atoms with van der Waals surface area (Å²) in [5, 5.41) is 10.2. The molecule has 0 aliphatic carbocycles. The maximum absolute atomic E-state index is 10.2. The molecule has 1 aliphatic heterocycles. The first kappa shape index (κ1) is 12.5. The van der Waals surface area contributed by atoms with Crippen LogP contribution in [0.2, 0.25) is 0 Å². The molecule has 1 rings (SSSR count). The number of hydrogen-bond donors (Lipinski definition) is 1. The van der Waals surface area contributed by atoms with Crippen molar-refractivity contribution in [2.45, 2.75) is 45.1 Å². The number of piperidine rings is 1. The monoisotopic (exact) mass is 209 g/mol. The van der Waals surface area contributed by atoms with E-state index in [4.69, 9.17) is 6.42 Å². The summed E-state index contributed by atoms with van der Waals surface area (Å²) in [6.45, 7) is 7.64. The lowest BCUT2D eigenvalue weighted by atomic mass is 9.87. The van der Waals surface area contributed by atoms with Crippen LogP contribution in [0.3, 0.4) is 0 Å². The molecule has 1 fully saturated rings. The summed E-state index contributed by atoms with van der Waals surface area (Å²) in [6, 6.07) is 0. The molecule has 1 aliphatic rings. The van der Waals surface area contributed by atoms with E-state index < -0.39 is 5.60 Å². The van der Waals surface area contributed by atoms with Gasteiger partial charge in [0.2, 0.25) is 0 Å². The zero-order valence-electron chi connectivity index (χ0n) is 10.00. The van der Waals surface area contributed by atoms with Crippen LogP contribution < -0.4 is 0 Å². The Labute approximate surface area is 93.7 Å². The van der Waals surface area contributed by atoms with Crippen molar-refractivity contribution in [3.05, 3.63) is 0 Å². The van der Waals surface area contributed by atoms with Gasteiger partial charge >= 0.3 is 0 Å². The molecule has 0 saturated carbocycles. The fraction of sp³-hybridized carbons (Fsp3) is 0.846. The zero-order valence-corrected chi connectivity index (χ0v) is 10.00. The van der Waals surface area contributed by atoms with Crippen molar-refractivity contribution in [3.8, 4) is 12.3 Å². The van der Waals surface area contributed by atoms with Crippen LogP contribution in [0.1, 0.15) is 39.5 Å². The third-order valence-electron chi connectivity index (χ3n) is 3.14. The van der Waals surface area contributed by atoms with Crippen LogP contribution in [0.4, 0.5) is 0 Å². The minimum Gasteiger partial charge on any atom is -0.390 e. The van der Waals surface area contributed by atoms with Crippen molar-refractivity contribution in [2.75, 3.05) is 19.6 Å². The molecule has 1 N–H and O–H groups in total. The van der Waals surface area contributed by atoms with Gasteiger partial charge in [-0.05, 0) is 25.2 Å². The summed E-state index contributed by atoms with van der Waals surface area (Å²) in [6.07, 6.45) is 8.44. The minimum absolute atomic E-state index is 0.486. The molecule has 1 saturated heterocycles. The Morgan fingerprint density at radius 3 is 2.47 bits per heavy atom. The van der Waals surface area contributed by atoms with E-state index in [0.29, 0.717) is 12.3 Å². The number of rotatable bonds is 4. The maximum Gasteiger partial charge on any atom is 0.0681 e. The summed E-state index contributed by atoms with van der Waals surface area (Å²) in [7, 11) is 0. The largest absolute Gasteiger partial charge is 0.390 e. The van der Waals surface area contributed by atoms with Gasteiger partial charge in [-0.2, -0.15) is 0 Å².